The molecule has 0 spiro atoms. The molecule has 4 nitrogen and oxygen atoms in total. The van der Waals surface area contributed by atoms with Gasteiger partial charge in [0.1, 0.15) is 0 Å². The Labute approximate surface area is 148 Å². The molecule has 0 atom stereocenters. The zero-order valence-electron chi connectivity index (χ0n) is 14.3. The lowest BCUT2D eigenvalue weighted by Crippen LogP contribution is -2.18. The molecule has 0 aliphatic heterocycles. The molecule has 0 bridgehead atoms. The summed E-state index contributed by atoms with van der Waals surface area (Å²) in [6, 6.07) is 14.4. The third kappa shape index (κ3) is 5.39. The van der Waals surface area contributed by atoms with Gasteiger partial charge in [-0.05, 0) is 25.1 Å². The number of nitrogens with one attached hydrogen (secondary N) is 1. The van der Waals surface area contributed by atoms with E-state index in [4.69, 9.17) is 0 Å². The van der Waals surface area contributed by atoms with Crippen LogP contribution in [-0.2, 0) is 10.0 Å². The Morgan fingerprint density at radius 2 is 1.67 bits per heavy atom. The van der Waals surface area contributed by atoms with E-state index in [2.05, 4.69) is 30.7 Å². The Hall–Kier alpha value is -1.79. The van der Waals surface area contributed by atoms with Crippen LogP contribution in [0.3, 0.4) is 0 Å². The highest BCUT2D eigenvalue weighted by molar-refractivity contribution is 8.00. The van der Waals surface area contributed by atoms with Crippen molar-refractivity contribution >= 4 is 28.0 Å². The van der Waals surface area contributed by atoms with Crippen LogP contribution in [0.4, 0.5) is 0 Å². The highest BCUT2D eigenvalue weighted by Gasteiger charge is 2.14. The van der Waals surface area contributed by atoms with Gasteiger partial charge in [-0.25, -0.2) is 4.83 Å². The molecular weight excluding hydrogens is 340 g/mol. The van der Waals surface area contributed by atoms with Crippen LogP contribution >= 0.6 is 11.8 Å². The number of hydrazone groups is 1. The molecule has 0 saturated heterocycles. The zero-order chi connectivity index (χ0) is 17.8. The summed E-state index contributed by atoms with van der Waals surface area (Å²) in [7, 11) is -3.65. The molecule has 0 aromatic heterocycles. The van der Waals surface area contributed by atoms with Gasteiger partial charge in [0, 0.05) is 15.2 Å². The summed E-state index contributed by atoms with van der Waals surface area (Å²) in [5.74, 6) is 0. The second-order valence-electron chi connectivity index (χ2n) is 6.42. The summed E-state index contributed by atoms with van der Waals surface area (Å²) in [5.41, 5.74) is 1.88. The molecule has 0 unspecified atom stereocenters. The number of benzene rings is 2. The first kappa shape index (κ1) is 18.5. The van der Waals surface area contributed by atoms with Crippen LogP contribution in [0.1, 0.15) is 31.9 Å². The summed E-state index contributed by atoms with van der Waals surface area (Å²) >= 11 is 1.71. The van der Waals surface area contributed by atoms with Gasteiger partial charge < -0.3 is 0 Å². The maximum absolute atomic E-state index is 12.2. The van der Waals surface area contributed by atoms with Crippen molar-refractivity contribution in [1.82, 2.24) is 4.83 Å². The molecule has 6 heteroatoms. The number of nitrogens with zero attached hydrogens (tertiary/aromatic N) is 1. The number of hydrogen-bond donors (Lipinski definition) is 1. The monoisotopic (exact) mass is 362 g/mol. The molecule has 2 rings (SSSR count). The quantitative estimate of drug-likeness (QED) is 0.493. The molecule has 128 valence electrons. The zero-order valence-corrected chi connectivity index (χ0v) is 15.9. The summed E-state index contributed by atoms with van der Waals surface area (Å²) in [4.78, 5) is 3.52. The third-order valence-electron chi connectivity index (χ3n) is 3.04. The third-order valence-corrected chi connectivity index (χ3v) is 5.49. The summed E-state index contributed by atoms with van der Waals surface area (Å²) in [6.45, 7) is 8.30. The van der Waals surface area contributed by atoms with E-state index in [9.17, 15) is 8.42 Å². The predicted molar refractivity (Wildman–Crippen MR) is 101 cm³/mol. The van der Waals surface area contributed by atoms with E-state index in [1.807, 2.05) is 31.2 Å². The smallest absolute Gasteiger partial charge is 0.200 e. The Bertz CT molecular complexity index is 821. The van der Waals surface area contributed by atoms with E-state index in [0.29, 0.717) is 0 Å². The van der Waals surface area contributed by atoms with Gasteiger partial charge in [0.2, 0.25) is 0 Å². The fraction of sp³-hybridized carbons (Fsp3) is 0.278. The highest BCUT2D eigenvalue weighted by atomic mass is 32.2. The van der Waals surface area contributed by atoms with Crippen molar-refractivity contribution in [3.63, 3.8) is 0 Å². The molecule has 0 heterocycles. The minimum Gasteiger partial charge on any atom is -0.200 e. The van der Waals surface area contributed by atoms with E-state index in [1.54, 1.807) is 42.2 Å². The summed E-state index contributed by atoms with van der Waals surface area (Å²) in [5, 5.41) is 3.93. The van der Waals surface area contributed by atoms with E-state index in [0.717, 1.165) is 16.0 Å². The van der Waals surface area contributed by atoms with Crippen molar-refractivity contribution in [2.45, 2.75) is 42.2 Å². The van der Waals surface area contributed by atoms with Crippen molar-refractivity contribution in [2.75, 3.05) is 0 Å². The predicted octanol–water partition coefficient (Wildman–Crippen LogP) is 4.20. The fourth-order valence-corrected chi connectivity index (χ4v) is 3.78. The van der Waals surface area contributed by atoms with Crippen molar-refractivity contribution < 1.29 is 8.42 Å². The molecule has 0 fully saturated rings. The minimum atomic E-state index is -3.65. The Balaban J connectivity index is 2.16. The van der Waals surface area contributed by atoms with Crippen LogP contribution in [0, 0.1) is 6.92 Å². The van der Waals surface area contributed by atoms with Crippen molar-refractivity contribution in [3.05, 3.63) is 59.7 Å². The molecule has 1 N–H and O–H groups in total. The molecule has 2 aromatic rings. The normalized spacial score (nSPS) is 12.5. The number of thioether (sulfide) groups is 1. The van der Waals surface area contributed by atoms with Gasteiger partial charge in [-0.2, -0.15) is 13.5 Å². The molecule has 0 aliphatic rings. The van der Waals surface area contributed by atoms with Gasteiger partial charge in [-0.15, -0.1) is 11.8 Å². The van der Waals surface area contributed by atoms with Crippen LogP contribution in [0.2, 0.25) is 0 Å². The van der Waals surface area contributed by atoms with E-state index < -0.39 is 10.0 Å². The average molecular weight is 363 g/mol. The lowest BCUT2D eigenvalue weighted by atomic mass is 10.2. The lowest BCUT2D eigenvalue weighted by molar-refractivity contribution is 0.584. The largest absolute Gasteiger partial charge is 0.276 e. The van der Waals surface area contributed by atoms with Gasteiger partial charge in [0.15, 0.2) is 0 Å². The highest BCUT2D eigenvalue weighted by Crippen LogP contribution is 2.33. The van der Waals surface area contributed by atoms with E-state index >= 15 is 0 Å². The number of sulfonamides is 1. The molecule has 2 aromatic carbocycles. The van der Waals surface area contributed by atoms with Gasteiger partial charge in [-0.1, -0.05) is 56.7 Å². The van der Waals surface area contributed by atoms with Gasteiger partial charge in [-0.3, -0.25) is 0 Å². The number of aryl methyl sites for hydroxylation is 1. The Kier molecular flexibility index (Phi) is 5.72. The average Bonchev–Trinajstić information content (AvgIpc) is 2.48. The molecule has 24 heavy (non-hydrogen) atoms. The van der Waals surface area contributed by atoms with Crippen molar-refractivity contribution in [1.29, 1.82) is 0 Å². The Morgan fingerprint density at radius 3 is 2.29 bits per heavy atom. The van der Waals surface area contributed by atoms with Gasteiger partial charge in [0.25, 0.3) is 10.0 Å². The fourth-order valence-electron chi connectivity index (χ4n) is 1.95. The molecule has 0 aliphatic carbocycles. The van der Waals surface area contributed by atoms with Crippen LogP contribution in [0.15, 0.2) is 63.4 Å². The van der Waals surface area contributed by atoms with Crippen molar-refractivity contribution in [3.8, 4) is 0 Å². The van der Waals surface area contributed by atoms with Gasteiger partial charge >= 0.3 is 0 Å². The Morgan fingerprint density at radius 1 is 1.04 bits per heavy atom. The first-order valence-corrected chi connectivity index (χ1v) is 9.87. The maximum Gasteiger partial charge on any atom is 0.276 e. The molecule has 0 amide bonds. The molecule has 0 radical (unpaired) electrons. The number of hydrogen-bond acceptors (Lipinski definition) is 4. The molecule has 0 saturated carbocycles. The second kappa shape index (κ2) is 7.40. The summed E-state index contributed by atoms with van der Waals surface area (Å²) in [6.07, 6.45) is 1.54. The van der Waals surface area contributed by atoms with Crippen LogP contribution in [-0.4, -0.2) is 19.4 Å². The van der Waals surface area contributed by atoms with Gasteiger partial charge in [0.05, 0.1) is 11.1 Å². The second-order valence-corrected chi connectivity index (χ2v) is 9.95. The van der Waals surface area contributed by atoms with E-state index in [1.165, 1.54) is 0 Å². The SMILES string of the molecule is Cc1ccc(S(=O)(=O)N/N=C\c2ccccc2SC(C)(C)C)cc1. The van der Waals surface area contributed by atoms with Crippen LogP contribution < -0.4 is 4.83 Å². The molecular formula is C18H22N2O2S2. The first-order valence-electron chi connectivity index (χ1n) is 7.57. The minimum absolute atomic E-state index is 0.0609. The summed E-state index contributed by atoms with van der Waals surface area (Å²) < 4.78 is 24.5. The number of rotatable bonds is 5. The topological polar surface area (TPSA) is 58.5 Å². The van der Waals surface area contributed by atoms with Crippen LogP contribution in [0.25, 0.3) is 0 Å². The van der Waals surface area contributed by atoms with E-state index in [-0.39, 0.29) is 9.64 Å². The maximum atomic E-state index is 12.2. The standard InChI is InChI=1S/C18H22N2O2S2/c1-14-9-11-16(12-10-14)24(21,22)20-19-13-15-7-5-6-8-17(15)23-18(2,3)4/h5-13,20H,1-4H3/b19-13-. The lowest BCUT2D eigenvalue weighted by Gasteiger charge is -2.18. The van der Waals surface area contributed by atoms with Crippen molar-refractivity contribution in [2.24, 2.45) is 5.10 Å². The van der Waals surface area contributed by atoms with Crippen LogP contribution in [0.5, 0.6) is 0 Å². The first-order chi connectivity index (χ1) is 11.2.